The Hall–Kier alpha value is -1.26. The highest BCUT2D eigenvalue weighted by Gasteiger charge is 2.12. The summed E-state index contributed by atoms with van der Waals surface area (Å²) in [6.07, 6.45) is 0.763. The van der Waals surface area contributed by atoms with Gasteiger partial charge in [0.1, 0.15) is 11.5 Å². The molecule has 0 aliphatic rings. The van der Waals surface area contributed by atoms with Gasteiger partial charge in [-0.05, 0) is 12.5 Å². The van der Waals surface area contributed by atoms with Crippen molar-refractivity contribution in [3.63, 3.8) is 0 Å². The zero-order chi connectivity index (χ0) is 12.0. The Bertz CT molecular complexity index is 328. The maximum atomic E-state index is 6.05. The first-order chi connectivity index (χ1) is 7.72. The van der Waals surface area contributed by atoms with Crippen LogP contribution in [0.3, 0.4) is 0 Å². The van der Waals surface area contributed by atoms with Crippen LogP contribution in [0.2, 0.25) is 0 Å². The molecule has 0 bridgehead atoms. The van der Waals surface area contributed by atoms with Gasteiger partial charge in [-0.3, -0.25) is 0 Å². The van der Waals surface area contributed by atoms with Crippen molar-refractivity contribution in [2.24, 2.45) is 5.73 Å². The first kappa shape index (κ1) is 12.8. The maximum Gasteiger partial charge on any atom is 0.127 e. The number of benzene rings is 1. The van der Waals surface area contributed by atoms with Gasteiger partial charge in [0.15, 0.2) is 0 Å². The zero-order valence-corrected chi connectivity index (χ0v) is 10.0. The van der Waals surface area contributed by atoms with Crippen LogP contribution in [0.1, 0.15) is 18.0 Å². The van der Waals surface area contributed by atoms with Gasteiger partial charge in [-0.15, -0.1) is 0 Å². The topological polar surface area (TPSA) is 53.7 Å². The van der Waals surface area contributed by atoms with Crippen LogP contribution in [0.25, 0.3) is 0 Å². The number of hydrogen-bond donors (Lipinski definition) is 1. The molecule has 1 rings (SSSR count). The van der Waals surface area contributed by atoms with Crippen LogP contribution < -0.4 is 15.2 Å². The molecule has 2 N–H and O–H groups in total. The Kier molecular flexibility index (Phi) is 5.08. The first-order valence-electron chi connectivity index (χ1n) is 5.19. The highest BCUT2D eigenvalue weighted by molar-refractivity contribution is 5.42. The number of methoxy groups -OCH3 is 3. The second-order valence-corrected chi connectivity index (χ2v) is 3.50. The standard InChI is InChI=1S/C12H19NO3/c1-14-7-6-11(13)10-5-4-9(15-2)8-12(10)16-3/h4-5,8,11H,6-7,13H2,1-3H3. The van der Waals surface area contributed by atoms with Crippen molar-refractivity contribution in [1.82, 2.24) is 0 Å². The lowest BCUT2D eigenvalue weighted by Gasteiger charge is -2.16. The van der Waals surface area contributed by atoms with E-state index in [9.17, 15) is 0 Å². The molecular weight excluding hydrogens is 206 g/mol. The van der Waals surface area contributed by atoms with E-state index in [1.165, 1.54) is 0 Å². The molecule has 0 aliphatic carbocycles. The fourth-order valence-electron chi connectivity index (χ4n) is 1.53. The molecule has 0 radical (unpaired) electrons. The molecule has 4 nitrogen and oxygen atoms in total. The molecule has 1 aromatic carbocycles. The smallest absolute Gasteiger partial charge is 0.127 e. The average Bonchev–Trinajstić information content (AvgIpc) is 2.34. The predicted octanol–water partition coefficient (Wildman–Crippen LogP) is 1.74. The summed E-state index contributed by atoms with van der Waals surface area (Å²) in [6, 6.07) is 5.56. The van der Waals surface area contributed by atoms with Gasteiger partial charge in [0.25, 0.3) is 0 Å². The molecular formula is C12H19NO3. The highest BCUT2D eigenvalue weighted by Crippen LogP contribution is 2.29. The van der Waals surface area contributed by atoms with Gasteiger partial charge >= 0.3 is 0 Å². The SMILES string of the molecule is COCCC(N)c1ccc(OC)cc1OC. The zero-order valence-electron chi connectivity index (χ0n) is 10.0. The lowest BCUT2D eigenvalue weighted by atomic mass is 10.0. The Morgan fingerprint density at radius 2 is 1.94 bits per heavy atom. The largest absolute Gasteiger partial charge is 0.497 e. The summed E-state index contributed by atoms with van der Waals surface area (Å²) in [5.41, 5.74) is 7.02. The van der Waals surface area contributed by atoms with Crippen molar-refractivity contribution in [3.05, 3.63) is 23.8 Å². The van der Waals surface area contributed by atoms with Crippen molar-refractivity contribution >= 4 is 0 Å². The van der Waals surface area contributed by atoms with Gasteiger partial charge in [0.2, 0.25) is 0 Å². The Morgan fingerprint density at radius 3 is 2.50 bits per heavy atom. The lowest BCUT2D eigenvalue weighted by Crippen LogP contribution is -2.13. The summed E-state index contributed by atoms with van der Waals surface area (Å²) in [5.74, 6) is 1.52. The predicted molar refractivity (Wildman–Crippen MR) is 63.0 cm³/mol. The summed E-state index contributed by atoms with van der Waals surface area (Å²) in [4.78, 5) is 0. The van der Waals surface area contributed by atoms with Crippen molar-refractivity contribution in [2.45, 2.75) is 12.5 Å². The fourth-order valence-corrected chi connectivity index (χ4v) is 1.53. The molecule has 90 valence electrons. The maximum absolute atomic E-state index is 6.05. The molecule has 16 heavy (non-hydrogen) atoms. The monoisotopic (exact) mass is 225 g/mol. The molecule has 0 spiro atoms. The van der Waals surface area contributed by atoms with E-state index in [1.54, 1.807) is 21.3 Å². The van der Waals surface area contributed by atoms with Crippen LogP contribution in [0.4, 0.5) is 0 Å². The molecule has 0 aliphatic heterocycles. The third-order valence-electron chi connectivity index (χ3n) is 2.47. The second-order valence-electron chi connectivity index (χ2n) is 3.50. The molecule has 0 fully saturated rings. The summed E-state index contributed by atoms with van der Waals surface area (Å²) in [7, 11) is 4.92. The Labute approximate surface area is 96.3 Å². The van der Waals surface area contributed by atoms with Crippen LogP contribution in [0.5, 0.6) is 11.5 Å². The first-order valence-corrected chi connectivity index (χ1v) is 5.19. The summed E-state index contributed by atoms with van der Waals surface area (Å²) < 4.78 is 15.4. The number of nitrogens with two attached hydrogens (primary N) is 1. The summed E-state index contributed by atoms with van der Waals surface area (Å²) >= 11 is 0. The van der Waals surface area contributed by atoms with Gasteiger partial charge in [0, 0.05) is 31.4 Å². The molecule has 0 amide bonds. The van der Waals surface area contributed by atoms with E-state index >= 15 is 0 Å². The van der Waals surface area contributed by atoms with Crippen LogP contribution in [0.15, 0.2) is 18.2 Å². The number of rotatable bonds is 6. The number of hydrogen-bond acceptors (Lipinski definition) is 4. The van der Waals surface area contributed by atoms with Crippen LogP contribution in [0, 0.1) is 0 Å². The molecule has 1 atom stereocenters. The van der Waals surface area contributed by atoms with E-state index in [0.29, 0.717) is 6.61 Å². The second kappa shape index (κ2) is 6.35. The van der Waals surface area contributed by atoms with Crippen molar-refractivity contribution in [2.75, 3.05) is 27.9 Å². The Morgan fingerprint density at radius 1 is 1.19 bits per heavy atom. The minimum absolute atomic E-state index is 0.0826. The minimum atomic E-state index is -0.0826. The molecule has 1 aromatic rings. The molecule has 0 heterocycles. The van der Waals surface area contributed by atoms with Crippen LogP contribution >= 0.6 is 0 Å². The van der Waals surface area contributed by atoms with E-state index in [4.69, 9.17) is 19.9 Å². The van der Waals surface area contributed by atoms with Gasteiger partial charge in [-0.2, -0.15) is 0 Å². The lowest BCUT2D eigenvalue weighted by molar-refractivity contribution is 0.187. The summed E-state index contributed by atoms with van der Waals surface area (Å²) in [5, 5.41) is 0. The molecule has 0 aromatic heterocycles. The van der Waals surface area contributed by atoms with E-state index in [1.807, 2.05) is 18.2 Å². The fraction of sp³-hybridized carbons (Fsp3) is 0.500. The van der Waals surface area contributed by atoms with E-state index in [0.717, 1.165) is 23.5 Å². The Balaban J connectivity index is 2.85. The minimum Gasteiger partial charge on any atom is -0.497 e. The molecule has 0 saturated heterocycles. The van der Waals surface area contributed by atoms with Gasteiger partial charge in [0.05, 0.1) is 14.2 Å². The third-order valence-corrected chi connectivity index (χ3v) is 2.47. The van der Waals surface area contributed by atoms with E-state index in [-0.39, 0.29) is 6.04 Å². The van der Waals surface area contributed by atoms with Crippen molar-refractivity contribution in [1.29, 1.82) is 0 Å². The van der Waals surface area contributed by atoms with Crippen molar-refractivity contribution in [3.8, 4) is 11.5 Å². The van der Waals surface area contributed by atoms with Gasteiger partial charge < -0.3 is 19.9 Å². The quantitative estimate of drug-likeness (QED) is 0.801. The average molecular weight is 225 g/mol. The van der Waals surface area contributed by atoms with Crippen LogP contribution in [-0.2, 0) is 4.74 Å². The molecule has 1 unspecified atom stereocenters. The van der Waals surface area contributed by atoms with Crippen molar-refractivity contribution < 1.29 is 14.2 Å². The molecule has 4 heteroatoms. The van der Waals surface area contributed by atoms with Gasteiger partial charge in [-0.1, -0.05) is 6.07 Å². The van der Waals surface area contributed by atoms with Gasteiger partial charge in [-0.25, -0.2) is 0 Å². The highest BCUT2D eigenvalue weighted by atomic mass is 16.5. The molecule has 0 saturated carbocycles. The normalized spacial score (nSPS) is 12.2. The van der Waals surface area contributed by atoms with Crippen LogP contribution in [-0.4, -0.2) is 27.9 Å². The van der Waals surface area contributed by atoms with E-state index in [2.05, 4.69) is 0 Å². The number of ether oxygens (including phenoxy) is 3. The summed E-state index contributed by atoms with van der Waals surface area (Å²) in [6.45, 7) is 0.635. The third kappa shape index (κ3) is 3.12. The van der Waals surface area contributed by atoms with E-state index < -0.39 is 0 Å².